The standard InChI is InChI=1S/C12H23NO3/c13-12(15)2-1-7-16-9-11-5-3-10(8-14)4-6-11/h10-11,14H,1-9H2,(H2,13,15). The lowest BCUT2D eigenvalue weighted by molar-refractivity contribution is -0.118. The number of aliphatic hydroxyl groups excluding tert-OH is 1. The first-order chi connectivity index (χ1) is 7.72. The molecule has 0 unspecified atom stereocenters. The van der Waals surface area contributed by atoms with Crippen molar-refractivity contribution in [1.29, 1.82) is 0 Å². The van der Waals surface area contributed by atoms with Gasteiger partial charge in [0.25, 0.3) is 0 Å². The maximum atomic E-state index is 10.5. The Morgan fingerprint density at radius 3 is 2.44 bits per heavy atom. The smallest absolute Gasteiger partial charge is 0.217 e. The van der Waals surface area contributed by atoms with Crippen LogP contribution >= 0.6 is 0 Å². The fourth-order valence-electron chi connectivity index (χ4n) is 2.18. The van der Waals surface area contributed by atoms with E-state index in [4.69, 9.17) is 15.6 Å². The van der Waals surface area contributed by atoms with Crippen molar-refractivity contribution in [3.8, 4) is 0 Å². The number of aliphatic hydroxyl groups is 1. The van der Waals surface area contributed by atoms with Gasteiger partial charge < -0.3 is 15.6 Å². The highest BCUT2D eigenvalue weighted by molar-refractivity contribution is 5.73. The van der Waals surface area contributed by atoms with E-state index in [1.165, 1.54) is 0 Å². The highest BCUT2D eigenvalue weighted by atomic mass is 16.5. The van der Waals surface area contributed by atoms with Crippen molar-refractivity contribution < 1.29 is 14.6 Å². The largest absolute Gasteiger partial charge is 0.396 e. The molecule has 1 rings (SSSR count). The molecule has 0 aromatic rings. The average Bonchev–Trinajstić information content (AvgIpc) is 2.29. The van der Waals surface area contributed by atoms with E-state index in [1.807, 2.05) is 0 Å². The lowest BCUT2D eigenvalue weighted by Gasteiger charge is -2.26. The summed E-state index contributed by atoms with van der Waals surface area (Å²) in [6.07, 6.45) is 5.68. The average molecular weight is 229 g/mol. The number of amides is 1. The minimum atomic E-state index is -0.257. The van der Waals surface area contributed by atoms with Crippen LogP contribution in [0.15, 0.2) is 0 Å². The molecule has 3 N–H and O–H groups in total. The second-order valence-corrected chi connectivity index (χ2v) is 4.71. The zero-order valence-electron chi connectivity index (χ0n) is 9.86. The van der Waals surface area contributed by atoms with Gasteiger partial charge in [0.15, 0.2) is 0 Å². The van der Waals surface area contributed by atoms with Crippen LogP contribution in [0.25, 0.3) is 0 Å². The third-order valence-electron chi connectivity index (χ3n) is 3.29. The van der Waals surface area contributed by atoms with Crippen molar-refractivity contribution in [2.75, 3.05) is 19.8 Å². The molecule has 0 radical (unpaired) electrons. The maximum Gasteiger partial charge on any atom is 0.217 e. The molecule has 0 aliphatic heterocycles. The SMILES string of the molecule is NC(=O)CCCOCC1CCC(CO)CC1. The van der Waals surface area contributed by atoms with E-state index in [9.17, 15) is 4.79 Å². The van der Waals surface area contributed by atoms with Crippen LogP contribution in [0.5, 0.6) is 0 Å². The molecule has 0 spiro atoms. The predicted octanol–water partition coefficient (Wildman–Crippen LogP) is 1.07. The molecule has 1 amide bonds. The number of carbonyl (C=O) groups is 1. The summed E-state index contributed by atoms with van der Waals surface area (Å²) in [7, 11) is 0. The number of ether oxygens (including phenoxy) is 1. The lowest BCUT2D eigenvalue weighted by Crippen LogP contribution is -2.21. The third-order valence-corrected chi connectivity index (χ3v) is 3.29. The fraction of sp³-hybridized carbons (Fsp3) is 0.917. The van der Waals surface area contributed by atoms with Crippen molar-refractivity contribution in [3.05, 3.63) is 0 Å². The number of hydrogen-bond acceptors (Lipinski definition) is 3. The first-order valence-electron chi connectivity index (χ1n) is 6.19. The molecular formula is C12H23NO3. The molecule has 16 heavy (non-hydrogen) atoms. The summed E-state index contributed by atoms with van der Waals surface area (Å²) in [5.74, 6) is 0.884. The van der Waals surface area contributed by atoms with Gasteiger partial charge >= 0.3 is 0 Å². The van der Waals surface area contributed by atoms with Crippen LogP contribution in [0, 0.1) is 11.8 Å². The normalized spacial score (nSPS) is 25.6. The second-order valence-electron chi connectivity index (χ2n) is 4.71. The zero-order chi connectivity index (χ0) is 11.8. The summed E-state index contributed by atoms with van der Waals surface area (Å²) in [5.41, 5.74) is 5.03. The molecule has 0 atom stereocenters. The summed E-state index contributed by atoms with van der Waals surface area (Å²) >= 11 is 0. The minimum absolute atomic E-state index is 0.257. The van der Waals surface area contributed by atoms with Crippen LogP contribution < -0.4 is 5.73 Å². The van der Waals surface area contributed by atoms with E-state index in [0.717, 1.165) is 38.7 Å². The van der Waals surface area contributed by atoms with Crippen molar-refractivity contribution in [3.63, 3.8) is 0 Å². The van der Waals surface area contributed by atoms with Gasteiger partial charge in [-0.15, -0.1) is 0 Å². The summed E-state index contributed by atoms with van der Waals surface area (Å²) in [4.78, 5) is 10.5. The lowest BCUT2D eigenvalue weighted by atomic mass is 9.83. The van der Waals surface area contributed by atoms with E-state index in [0.29, 0.717) is 31.5 Å². The van der Waals surface area contributed by atoms with Crippen LogP contribution in [0.4, 0.5) is 0 Å². The number of carbonyl (C=O) groups excluding carboxylic acids is 1. The van der Waals surface area contributed by atoms with Gasteiger partial charge in [-0.3, -0.25) is 4.79 Å². The topological polar surface area (TPSA) is 72.6 Å². The van der Waals surface area contributed by atoms with Gasteiger partial charge in [0.05, 0.1) is 0 Å². The van der Waals surface area contributed by atoms with E-state index >= 15 is 0 Å². The van der Waals surface area contributed by atoms with E-state index in [2.05, 4.69) is 0 Å². The van der Waals surface area contributed by atoms with Crippen molar-refractivity contribution in [2.45, 2.75) is 38.5 Å². The van der Waals surface area contributed by atoms with Gasteiger partial charge in [-0.2, -0.15) is 0 Å². The summed E-state index contributed by atoms with van der Waals surface area (Å²) in [6.45, 7) is 1.74. The number of nitrogens with two attached hydrogens (primary N) is 1. The molecule has 1 saturated carbocycles. The molecular weight excluding hydrogens is 206 g/mol. The Labute approximate surface area is 97.2 Å². The molecule has 94 valence electrons. The van der Waals surface area contributed by atoms with E-state index < -0.39 is 0 Å². The first-order valence-corrected chi connectivity index (χ1v) is 6.19. The van der Waals surface area contributed by atoms with E-state index in [-0.39, 0.29) is 5.91 Å². The van der Waals surface area contributed by atoms with Crippen LogP contribution in [-0.2, 0) is 9.53 Å². The van der Waals surface area contributed by atoms with Gasteiger partial charge in [0.2, 0.25) is 5.91 Å². The molecule has 1 fully saturated rings. The van der Waals surface area contributed by atoms with Crippen LogP contribution in [0.2, 0.25) is 0 Å². The Balaban J connectivity index is 1.96. The number of primary amides is 1. The molecule has 0 heterocycles. The summed E-state index contributed by atoms with van der Waals surface area (Å²) in [6, 6.07) is 0. The Morgan fingerprint density at radius 2 is 1.88 bits per heavy atom. The second kappa shape index (κ2) is 7.63. The first kappa shape index (κ1) is 13.5. The van der Waals surface area contributed by atoms with Gasteiger partial charge in [0.1, 0.15) is 0 Å². The Bertz CT molecular complexity index is 200. The molecule has 0 aromatic carbocycles. The monoisotopic (exact) mass is 229 g/mol. The Hall–Kier alpha value is -0.610. The fourth-order valence-corrected chi connectivity index (χ4v) is 2.18. The summed E-state index contributed by atoms with van der Waals surface area (Å²) in [5, 5.41) is 9.00. The quantitative estimate of drug-likeness (QED) is 0.641. The predicted molar refractivity (Wildman–Crippen MR) is 61.8 cm³/mol. The van der Waals surface area contributed by atoms with Gasteiger partial charge in [0, 0.05) is 26.2 Å². The van der Waals surface area contributed by atoms with Crippen molar-refractivity contribution >= 4 is 5.91 Å². The Morgan fingerprint density at radius 1 is 1.25 bits per heavy atom. The van der Waals surface area contributed by atoms with Gasteiger partial charge in [-0.25, -0.2) is 0 Å². The highest BCUT2D eigenvalue weighted by Crippen LogP contribution is 2.28. The molecule has 4 nitrogen and oxygen atoms in total. The molecule has 0 bridgehead atoms. The van der Waals surface area contributed by atoms with E-state index in [1.54, 1.807) is 0 Å². The highest BCUT2D eigenvalue weighted by Gasteiger charge is 2.20. The van der Waals surface area contributed by atoms with Gasteiger partial charge in [-0.05, 0) is 43.9 Å². The molecule has 1 aliphatic carbocycles. The maximum absolute atomic E-state index is 10.5. The van der Waals surface area contributed by atoms with Crippen molar-refractivity contribution in [1.82, 2.24) is 0 Å². The van der Waals surface area contributed by atoms with Crippen molar-refractivity contribution in [2.24, 2.45) is 17.6 Å². The number of rotatable bonds is 7. The number of hydrogen-bond donors (Lipinski definition) is 2. The molecule has 0 aromatic heterocycles. The molecule has 1 aliphatic rings. The molecule has 0 saturated heterocycles. The van der Waals surface area contributed by atoms with Crippen LogP contribution in [0.3, 0.4) is 0 Å². The Kier molecular flexibility index (Phi) is 6.42. The van der Waals surface area contributed by atoms with Crippen LogP contribution in [0.1, 0.15) is 38.5 Å². The summed E-state index contributed by atoms with van der Waals surface area (Å²) < 4.78 is 5.52. The zero-order valence-corrected chi connectivity index (χ0v) is 9.86. The van der Waals surface area contributed by atoms with Gasteiger partial charge in [-0.1, -0.05) is 0 Å². The minimum Gasteiger partial charge on any atom is -0.396 e. The third kappa shape index (κ3) is 5.47. The van der Waals surface area contributed by atoms with Crippen LogP contribution in [-0.4, -0.2) is 30.8 Å². The molecule has 4 heteroatoms.